The fourth-order valence-electron chi connectivity index (χ4n) is 1.31. The number of nitrogens with one attached hydrogen (secondary N) is 1. The quantitative estimate of drug-likeness (QED) is 0.640. The van der Waals surface area contributed by atoms with Gasteiger partial charge in [-0.3, -0.25) is 15.0 Å². The van der Waals surface area contributed by atoms with Crippen molar-refractivity contribution in [2.45, 2.75) is 0 Å². The van der Waals surface area contributed by atoms with E-state index in [1.807, 2.05) is 6.07 Å². The first-order valence-corrected chi connectivity index (χ1v) is 4.95. The van der Waals surface area contributed by atoms with E-state index in [4.69, 9.17) is 4.42 Å². The van der Waals surface area contributed by atoms with E-state index in [-0.39, 0.29) is 5.76 Å². The molecule has 0 spiro atoms. The van der Waals surface area contributed by atoms with Crippen LogP contribution in [0.15, 0.2) is 53.1 Å². The summed E-state index contributed by atoms with van der Waals surface area (Å²) in [5.74, 6) is -0.335. The van der Waals surface area contributed by atoms with Crippen LogP contribution in [0, 0.1) is 0 Å². The van der Waals surface area contributed by atoms with Crippen LogP contribution in [-0.2, 0) is 4.79 Å². The van der Waals surface area contributed by atoms with Crippen LogP contribution in [0.5, 0.6) is 0 Å². The molecule has 1 aromatic carbocycles. The summed E-state index contributed by atoms with van der Waals surface area (Å²) >= 11 is 0. The number of anilines is 1. The highest BCUT2D eigenvalue weighted by molar-refractivity contribution is 5.95. The third kappa shape index (κ3) is 2.52. The van der Waals surface area contributed by atoms with Crippen LogP contribution in [0.4, 0.5) is 5.69 Å². The molecule has 0 saturated carbocycles. The minimum atomic E-state index is -0.481. The molecule has 0 aliphatic carbocycles. The summed E-state index contributed by atoms with van der Waals surface area (Å²) in [6.45, 7) is 0. The third-order valence-electron chi connectivity index (χ3n) is 2.11. The van der Waals surface area contributed by atoms with E-state index >= 15 is 0 Å². The van der Waals surface area contributed by atoms with Gasteiger partial charge in [-0.15, -0.1) is 0 Å². The number of carbonyl (C=O) groups excluding carboxylic acids is 2. The van der Waals surface area contributed by atoms with Gasteiger partial charge in [0.1, 0.15) is 0 Å². The average molecular weight is 230 g/mol. The second-order valence-electron chi connectivity index (χ2n) is 3.23. The van der Waals surface area contributed by atoms with Crippen LogP contribution in [0.25, 0.3) is 0 Å². The topological polar surface area (TPSA) is 62.6 Å². The molecule has 86 valence electrons. The van der Waals surface area contributed by atoms with Gasteiger partial charge in [0.05, 0.1) is 12.0 Å². The maximum absolute atomic E-state index is 11.6. The first-order chi connectivity index (χ1) is 8.31. The van der Waals surface area contributed by atoms with Crippen molar-refractivity contribution in [3.63, 3.8) is 0 Å². The number of para-hydroxylation sites is 1. The average Bonchev–Trinajstić information content (AvgIpc) is 2.90. The van der Waals surface area contributed by atoms with E-state index in [0.29, 0.717) is 12.1 Å². The molecule has 5 heteroatoms. The second-order valence-corrected chi connectivity index (χ2v) is 3.23. The molecule has 0 bridgehead atoms. The van der Waals surface area contributed by atoms with Gasteiger partial charge >= 0.3 is 5.91 Å². The summed E-state index contributed by atoms with van der Waals surface area (Å²) in [6, 6.07) is 11.9. The molecule has 1 aromatic heterocycles. The summed E-state index contributed by atoms with van der Waals surface area (Å²) in [5.41, 5.74) is 2.99. The summed E-state index contributed by atoms with van der Waals surface area (Å²) in [5, 5.41) is 1.09. The van der Waals surface area contributed by atoms with Crippen molar-refractivity contribution in [3.8, 4) is 0 Å². The minimum absolute atomic E-state index is 0.146. The lowest BCUT2D eigenvalue weighted by atomic mass is 10.3. The van der Waals surface area contributed by atoms with Gasteiger partial charge in [0, 0.05) is 0 Å². The first kappa shape index (κ1) is 10.9. The maximum Gasteiger partial charge on any atom is 0.305 e. The van der Waals surface area contributed by atoms with Gasteiger partial charge in [-0.25, -0.2) is 5.01 Å². The molecule has 5 nitrogen and oxygen atoms in total. The number of amides is 2. The molecule has 0 fully saturated rings. The Balaban J connectivity index is 2.11. The molecule has 17 heavy (non-hydrogen) atoms. The smallest absolute Gasteiger partial charge is 0.305 e. The van der Waals surface area contributed by atoms with Gasteiger partial charge in [-0.1, -0.05) is 18.2 Å². The van der Waals surface area contributed by atoms with E-state index < -0.39 is 5.91 Å². The Kier molecular flexibility index (Phi) is 3.20. The van der Waals surface area contributed by atoms with Gasteiger partial charge < -0.3 is 4.42 Å². The van der Waals surface area contributed by atoms with Crippen LogP contribution in [-0.4, -0.2) is 12.3 Å². The molecule has 0 saturated heterocycles. The highest BCUT2D eigenvalue weighted by Gasteiger charge is 2.12. The molecule has 2 amide bonds. The zero-order valence-electron chi connectivity index (χ0n) is 8.87. The Labute approximate surface area is 97.6 Å². The molecule has 2 rings (SSSR count). The Hall–Kier alpha value is -2.56. The maximum atomic E-state index is 11.6. The highest BCUT2D eigenvalue weighted by atomic mass is 16.3. The van der Waals surface area contributed by atoms with Gasteiger partial charge in [-0.2, -0.15) is 0 Å². The molecular weight excluding hydrogens is 220 g/mol. The fourth-order valence-corrected chi connectivity index (χ4v) is 1.31. The van der Waals surface area contributed by atoms with Crippen molar-refractivity contribution >= 4 is 18.0 Å². The molecule has 0 aliphatic heterocycles. The summed E-state index contributed by atoms with van der Waals surface area (Å²) < 4.78 is 4.92. The van der Waals surface area contributed by atoms with Crippen molar-refractivity contribution < 1.29 is 14.0 Å². The zero-order valence-corrected chi connectivity index (χ0v) is 8.87. The van der Waals surface area contributed by atoms with Crippen molar-refractivity contribution in [2.75, 3.05) is 5.01 Å². The lowest BCUT2D eigenvalue weighted by Crippen LogP contribution is -2.41. The Morgan fingerprint density at radius 3 is 2.53 bits per heavy atom. The van der Waals surface area contributed by atoms with E-state index in [2.05, 4.69) is 5.43 Å². The van der Waals surface area contributed by atoms with E-state index in [0.717, 1.165) is 5.01 Å². The van der Waals surface area contributed by atoms with E-state index in [1.54, 1.807) is 30.3 Å². The number of nitrogens with zero attached hydrogens (tertiary/aromatic N) is 1. The molecule has 2 aromatic rings. The Morgan fingerprint density at radius 2 is 1.94 bits per heavy atom. The summed E-state index contributed by atoms with van der Waals surface area (Å²) in [6.07, 6.45) is 1.92. The Morgan fingerprint density at radius 1 is 1.18 bits per heavy atom. The predicted molar refractivity (Wildman–Crippen MR) is 61.2 cm³/mol. The molecule has 0 aliphatic rings. The van der Waals surface area contributed by atoms with Crippen LogP contribution < -0.4 is 10.4 Å². The largest absolute Gasteiger partial charge is 0.459 e. The van der Waals surface area contributed by atoms with Gasteiger partial charge in [0.15, 0.2) is 5.76 Å². The zero-order chi connectivity index (χ0) is 12.1. The van der Waals surface area contributed by atoms with Gasteiger partial charge in [0.25, 0.3) is 0 Å². The van der Waals surface area contributed by atoms with Crippen LogP contribution >= 0.6 is 0 Å². The van der Waals surface area contributed by atoms with Gasteiger partial charge in [0.2, 0.25) is 6.41 Å². The fraction of sp³-hybridized carbons (Fsp3) is 0. The SMILES string of the molecule is O=CN(NC(=O)c1ccco1)c1ccccc1. The van der Waals surface area contributed by atoms with Gasteiger partial charge in [-0.05, 0) is 24.3 Å². The lowest BCUT2D eigenvalue weighted by molar-refractivity contribution is -0.107. The number of furan rings is 1. The summed E-state index contributed by atoms with van der Waals surface area (Å²) in [7, 11) is 0. The number of rotatable bonds is 4. The second kappa shape index (κ2) is 4.98. The minimum Gasteiger partial charge on any atom is -0.459 e. The van der Waals surface area contributed by atoms with E-state index in [1.165, 1.54) is 12.3 Å². The van der Waals surface area contributed by atoms with E-state index in [9.17, 15) is 9.59 Å². The third-order valence-corrected chi connectivity index (χ3v) is 2.11. The van der Waals surface area contributed by atoms with Crippen LogP contribution in [0.3, 0.4) is 0 Å². The van der Waals surface area contributed by atoms with Crippen molar-refractivity contribution in [1.82, 2.24) is 5.43 Å². The molecule has 0 atom stereocenters. The van der Waals surface area contributed by atoms with Crippen molar-refractivity contribution in [1.29, 1.82) is 0 Å². The number of hydrogen-bond donors (Lipinski definition) is 1. The number of hydrazine groups is 1. The summed E-state index contributed by atoms with van der Waals surface area (Å²) in [4.78, 5) is 22.5. The lowest BCUT2D eigenvalue weighted by Gasteiger charge is -2.17. The highest BCUT2D eigenvalue weighted by Crippen LogP contribution is 2.09. The molecular formula is C12H10N2O3. The molecule has 1 N–H and O–H groups in total. The Bertz CT molecular complexity index is 494. The number of benzene rings is 1. The van der Waals surface area contributed by atoms with Crippen LogP contribution in [0.2, 0.25) is 0 Å². The standard InChI is InChI=1S/C12H10N2O3/c15-9-14(10-5-2-1-3-6-10)13-12(16)11-7-4-8-17-11/h1-9H,(H,13,16). The van der Waals surface area contributed by atoms with Crippen molar-refractivity contribution in [2.24, 2.45) is 0 Å². The number of carbonyl (C=O) groups is 2. The normalized spacial score (nSPS) is 9.65. The monoisotopic (exact) mass is 230 g/mol. The predicted octanol–water partition coefficient (Wildman–Crippen LogP) is 1.59. The first-order valence-electron chi connectivity index (χ1n) is 4.95. The molecule has 0 unspecified atom stereocenters. The number of hydrogen-bond acceptors (Lipinski definition) is 3. The van der Waals surface area contributed by atoms with Crippen LogP contribution in [0.1, 0.15) is 10.6 Å². The molecule has 0 radical (unpaired) electrons. The van der Waals surface area contributed by atoms with Crippen molar-refractivity contribution in [3.05, 3.63) is 54.5 Å². The molecule has 1 heterocycles.